The Hall–Kier alpha value is -1.01. The molecule has 1 aromatic rings. The monoisotopic (exact) mass is 285 g/mol. The fraction of sp³-hybridized carbons (Fsp3) is 0.692. The van der Waals surface area contributed by atoms with Crippen LogP contribution in [0.1, 0.15) is 33.6 Å². The molecule has 0 spiro atoms. The summed E-state index contributed by atoms with van der Waals surface area (Å²) in [6, 6.07) is 0.156. The summed E-state index contributed by atoms with van der Waals surface area (Å²) >= 11 is 1.66. The number of aliphatic carboxylic acids is 1. The van der Waals surface area contributed by atoms with Crippen molar-refractivity contribution in [3.05, 3.63) is 12.4 Å². The number of carbonyl (C=O) groups is 1. The summed E-state index contributed by atoms with van der Waals surface area (Å²) in [4.78, 5) is 15.6. The predicted molar refractivity (Wildman–Crippen MR) is 77.5 cm³/mol. The van der Waals surface area contributed by atoms with Gasteiger partial charge in [-0.3, -0.25) is 10.1 Å². The van der Waals surface area contributed by atoms with Crippen LogP contribution in [0, 0.1) is 0 Å². The van der Waals surface area contributed by atoms with Crippen LogP contribution in [-0.4, -0.2) is 38.0 Å². The number of aromatic nitrogens is 2. The van der Waals surface area contributed by atoms with Crippen LogP contribution in [0.2, 0.25) is 0 Å². The van der Waals surface area contributed by atoms with E-state index in [0.29, 0.717) is 6.42 Å². The lowest BCUT2D eigenvalue weighted by molar-refractivity contribution is -0.144. The van der Waals surface area contributed by atoms with E-state index in [4.69, 9.17) is 0 Å². The summed E-state index contributed by atoms with van der Waals surface area (Å²) < 4.78 is 1.97. The number of aryl methyl sites for hydroxylation is 1. The Balaban J connectivity index is 2.41. The zero-order valence-electron chi connectivity index (χ0n) is 12.0. The molecule has 0 saturated heterocycles. The number of rotatable bonds is 8. The van der Waals surface area contributed by atoms with Crippen LogP contribution in [0.25, 0.3) is 0 Å². The van der Waals surface area contributed by atoms with Crippen molar-refractivity contribution < 1.29 is 9.90 Å². The minimum atomic E-state index is -0.851. The van der Waals surface area contributed by atoms with Gasteiger partial charge in [0.2, 0.25) is 0 Å². The molecule has 1 aromatic heterocycles. The molecule has 0 aliphatic heterocycles. The van der Waals surface area contributed by atoms with E-state index in [1.54, 1.807) is 24.9 Å². The van der Waals surface area contributed by atoms with E-state index in [9.17, 15) is 9.90 Å². The smallest absolute Gasteiger partial charge is 0.323 e. The number of carboxylic acid groups (broad SMARTS) is 1. The third-order valence-corrected chi connectivity index (χ3v) is 4.05. The summed E-state index contributed by atoms with van der Waals surface area (Å²) in [6.45, 7) is 5.68. The summed E-state index contributed by atoms with van der Waals surface area (Å²) in [5, 5.41) is 13.4. The highest BCUT2D eigenvalue weighted by molar-refractivity contribution is 7.99. The Kier molecular flexibility index (Phi) is 5.87. The predicted octanol–water partition coefficient (Wildman–Crippen LogP) is 2.13. The molecule has 0 amide bonds. The molecule has 0 aromatic carbocycles. The molecule has 1 unspecified atom stereocenters. The summed E-state index contributed by atoms with van der Waals surface area (Å²) in [7, 11) is 1.96. The molecule has 108 valence electrons. The molecule has 0 saturated carbocycles. The molecule has 0 bridgehead atoms. The normalized spacial score (nSPS) is 14.6. The largest absolute Gasteiger partial charge is 0.480 e. The quantitative estimate of drug-likeness (QED) is 0.566. The lowest BCUT2D eigenvalue weighted by atomic mass is 9.95. The van der Waals surface area contributed by atoms with Gasteiger partial charge >= 0.3 is 5.97 Å². The van der Waals surface area contributed by atoms with Crippen molar-refractivity contribution in [1.29, 1.82) is 0 Å². The van der Waals surface area contributed by atoms with Gasteiger partial charge in [0.25, 0.3) is 0 Å². The zero-order chi connectivity index (χ0) is 14.5. The highest BCUT2D eigenvalue weighted by Crippen LogP contribution is 2.20. The second kappa shape index (κ2) is 6.96. The first-order chi connectivity index (χ1) is 8.85. The van der Waals surface area contributed by atoms with Gasteiger partial charge in [-0.2, -0.15) is 0 Å². The average molecular weight is 285 g/mol. The summed E-state index contributed by atoms with van der Waals surface area (Å²) in [6.07, 6.45) is 5.12. The Labute approximate surface area is 118 Å². The molecule has 1 heterocycles. The number of carboxylic acids is 1. The average Bonchev–Trinajstić information content (AvgIpc) is 2.69. The van der Waals surface area contributed by atoms with Gasteiger partial charge in [-0.05, 0) is 33.6 Å². The van der Waals surface area contributed by atoms with Crippen LogP contribution >= 0.6 is 11.8 Å². The molecule has 6 heteroatoms. The maximum absolute atomic E-state index is 11.3. The number of nitrogens with zero attached hydrogens (tertiary/aromatic N) is 2. The lowest BCUT2D eigenvalue weighted by Gasteiger charge is -2.28. The number of hydrogen-bond donors (Lipinski definition) is 2. The van der Waals surface area contributed by atoms with Gasteiger partial charge in [-0.15, -0.1) is 0 Å². The fourth-order valence-electron chi connectivity index (χ4n) is 1.96. The molecular weight excluding hydrogens is 262 g/mol. The van der Waals surface area contributed by atoms with E-state index in [2.05, 4.69) is 10.3 Å². The second-order valence-corrected chi connectivity index (χ2v) is 6.27. The van der Waals surface area contributed by atoms with Gasteiger partial charge in [-0.25, -0.2) is 4.98 Å². The van der Waals surface area contributed by atoms with E-state index in [-0.39, 0.29) is 6.04 Å². The molecular formula is C13H23N3O2S. The topological polar surface area (TPSA) is 67.2 Å². The maximum atomic E-state index is 11.3. The van der Waals surface area contributed by atoms with Gasteiger partial charge < -0.3 is 9.67 Å². The van der Waals surface area contributed by atoms with Gasteiger partial charge in [0.05, 0.1) is 0 Å². The van der Waals surface area contributed by atoms with E-state index < -0.39 is 11.5 Å². The summed E-state index contributed by atoms with van der Waals surface area (Å²) in [5.74, 6) is 0.0798. The van der Waals surface area contributed by atoms with Crippen LogP contribution < -0.4 is 5.32 Å². The van der Waals surface area contributed by atoms with Crippen LogP contribution in [0.5, 0.6) is 0 Å². The van der Waals surface area contributed by atoms with Crippen molar-refractivity contribution in [1.82, 2.24) is 14.9 Å². The van der Waals surface area contributed by atoms with E-state index in [0.717, 1.165) is 17.3 Å². The van der Waals surface area contributed by atoms with E-state index in [1.165, 1.54) is 0 Å². The molecule has 0 aliphatic rings. The summed E-state index contributed by atoms with van der Waals surface area (Å²) in [5.41, 5.74) is -0.851. The molecule has 0 fully saturated rings. The van der Waals surface area contributed by atoms with Crippen LogP contribution in [0.4, 0.5) is 0 Å². The SMILES string of the molecule is CC(C)NC(C)(CCCSc1nccn1C)C(=O)O. The molecule has 19 heavy (non-hydrogen) atoms. The maximum Gasteiger partial charge on any atom is 0.323 e. The molecule has 0 aliphatic carbocycles. The van der Waals surface area contributed by atoms with Crippen molar-refractivity contribution in [3.8, 4) is 0 Å². The van der Waals surface area contributed by atoms with Gasteiger partial charge in [0.15, 0.2) is 5.16 Å². The van der Waals surface area contributed by atoms with Gasteiger partial charge in [0.1, 0.15) is 5.54 Å². The molecule has 5 nitrogen and oxygen atoms in total. The first-order valence-corrected chi connectivity index (χ1v) is 7.45. The van der Waals surface area contributed by atoms with Crippen molar-refractivity contribution in [2.24, 2.45) is 7.05 Å². The number of nitrogens with one attached hydrogen (secondary N) is 1. The third kappa shape index (κ3) is 4.87. The zero-order valence-corrected chi connectivity index (χ0v) is 12.8. The molecule has 1 atom stereocenters. The van der Waals surface area contributed by atoms with Crippen molar-refractivity contribution in [3.63, 3.8) is 0 Å². The number of thioether (sulfide) groups is 1. The van der Waals surface area contributed by atoms with Crippen molar-refractivity contribution in [2.45, 2.75) is 50.4 Å². The minimum absolute atomic E-state index is 0.156. The number of hydrogen-bond acceptors (Lipinski definition) is 4. The van der Waals surface area contributed by atoms with E-state index >= 15 is 0 Å². The van der Waals surface area contributed by atoms with E-state index in [1.807, 2.05) is 31.7 Å². The highest BCUT2D eigenvalue weighted by Gasteiger charge is 2.32. The first kappa shape index (κ1) is 16.0. The molecule has 2 N–H and O–H groups in total. The van der Waals surface area contributed by atoms with Crippen LogP contribution in [0.15, 0.2) is 17.6 Å². The minimum Gasteiger partial charge on any atom is -0.480 e. The second-order valence-electron chi connectivity index (χ2n) is 5.21. The standard InChI is InChI=1S/C13H23N3O2S/c1-10(2)15-13(3,11(17)18)6-5-9-19-12-14-7-8-16(12)4/h7-8,10,15H,5-6,9H2,1-4H3,(H,17,18). The number of imidazole rings is 1. The third-order valence-electron chi connectivity index (χ3n) is 2.91. The van der Waals surface area contributed by atoms with Gasteiger partial charge in [-0.1, -0.05) is 11.8 Å². The fourth-order valence-corrected chi connectivity index (χ4v) is 2.83. The Morgan fingerprint density at radius 3 is 2.79 bits per heavy atom. The van der Waals surface area contributed by atoms with Gasteiger partial charge in [0, 0.05) is 31.2 Å². The Bertz CT molecular complexity index is 420. The molecule has 0 radical (unpaired) electrons. The molecule has 1 rings (SSSR count). The highest BCUT2D eigenvalue weighted by atomic mass is 32.2. The van der Waals surface area contributed by atoms with Crippen molar-refractivity contribution in [2.75, 3.05) is 5.75 Å². The Morgan fingerprint density at radius 2 is 2.32 bits per heavy atom. The van der Waals surface area contributed by atoms with Crippen LogP contribution in [0.3, 0.4) is 0 Å². The Morgan fingerprint density at radius 1 is 1.63 bits per heavy atom. The van der Waals surface area contributed by atoms with Crippen molar-refractivity contribution >= 4 is 17.7 Å². The lowest BCUT2D eigenvalue weighted by Crippen LogP contribution is -2.52. The van der Waals surface area contributed by atoms with Crippen LogP contribution in [-0.2, 0) is 11.8 Å². The first-order valence-electron chi connectivity index (χ1n) is 6.46.